The van der Waals surface area contributed by atoms with E-state index in [9.17, 15) is 0 Å². The van der Waals surface area contributed by atoms with Gasteiger partial charge in [-0.25, -0.2) is 4.98 Å². The van der Waals surface area contributed by atoms with Crippen LogP contribution in [-0.2, 0) is 6.61 Å². The molecule has 0 saturated heterocycles. The molecule has 0 amide bonds. The summed E-state index contributed by atoms with van der Waals surface area (Å²) < 4.78 is 6.71. The van der Waals surface area contributed by atoms with Gasteiger partial charge in [0, 0.05) is 7.05 Å². The number of hydrogen-bond acceptors (Lipinski definition) is 3. The molecule has 94 valence electrons. The summed E-state index contributed by atoms with van der Waals surface area (Å²) in [5.74, 6) is 1.68. The van der Waals surface area contributed by atoms with E-state index in [2.05, 4.69) is 26.2 Å². The van der Waals surface area contributed by atoms with Gasteiger partial charge in [0.05, 0.1) is 10.2 Å². The Morgan fingerprint density at radius 2 is 2.11 bits per heavy atom. The number of benzene rings is 1. The lowest BCUT2D eigenvalue weighted by molar-refractivity contribution is 0.299. The quantitative estimate of drug-likeness (QED) is 0.933. The van der Waals surface area contributed by atoms with Crippen molar-refractivity contribution in [3.05, 3.63) is 52.1 Å². The molecule has 4 heteroatoms. The SMILES string of the molecule is CNc1cccc(COc2ccc(C)cc2Br)n1. The molecule has 0 aliphatic heterocycles. The van der Waals surface area contributed by atoms with Crippen LogP contribution in [-0.4, -0.2) is 12.0 Å². The van der Waals surface area contributed by atoms with Gasteiger partial charge in [-0.2, -0.15) is 0 Å². The van der Waals surface area contributed by atoms with E-state index in [0.717, 1.165) is 21.7 Å². The van der Waals surface area contributed by atoms with Gasteiger partial charge in [-0.05, 0) is 52.7 Å². The fraction of sp³-hybridized carbons (Fsp3) is 0.214. The highest BCUT2D eigenvalue weighted by Crippen LogP contribution is 2.26. The topological polar surface area (TPSA) is 34.1 Å². The molecular formula is C14H15BrN2O. The number of nitrogens with zero attached hydrogens (tertiary/aromatic N) is 1. The molecule has 0 saturated carbocycles. The van der Waals surface area contributed by atoms with Crippen molar-refractivity contribution in [3.63, 3.8) is 0 Å². The summed E-state index contributed by atoms with van der Waals surface area (Å²) in [6.07, 6.45) is 0. The van der Waals surface area contributed by atoms with E-state index < -0.39 is 0 Å². The second kappa shape index (κ2) is 5.87. The Bertz CT molecular complexity index is 543. The van der Waals surface area contributed by atoms with Crippen molar-refractivity contribution in [2.45, 2.75) is 13.5 Å². The van der Waals surface area contributed by atoms with Crippen LogP contribution in [0.15, 0.2) is 40.9 Å². The Kier molecular flexibility index (Phi) is 4.20. The summed E-state index contributed by atoms with van der Waals surface area (Å²) >= 11 is 3.49. The van der Waals surface area contributed by atoms with E-state index in [1.165, 1.54) is 5.56 Å². The first-order chi connectivity index (χ1) is 8.69. The van der Waals surface area contributed by atoms with Gasteiger partial charge in [-0.1, -0.05) is 12.1 Å². The second-order valence-electron chi connectivity index (χ2n) is 3.99. The van der Waals surface area contributed by atoms with Crippen molar-refractivity contribution in [2.24, 2.45) is 0 Å². The normalized spacial score (nSPS) is 10.2. The maximum atomic E-state index is 5.74. The monoisotopic (exact) mass is 306 g/mol. The minimum absolute atomic E-state index is 0.456. The number of pyridine rings is 1. The largest absolute Gasteiger partial charge is 0.486 e. The molecular weight excluding hydrogens is 292 g/mol. The van der Waals surface area contributed by atoms with Crippen LogP contribution in [0.4, 0.5) is 5.82 Å². The van der Waals surface area contributed by atoms with Crippen molar-refractivity contribution in [3.8, 4) is 5.75 Å². The van der Waals surface area contributed by atoms with Gasteiger partial charge in [-0.3, -0.25) is 0 Å². The first-order valence-corrected chi connectivity index (χ1v) is 6.51. The number of hydrogen-bond donors (Lipinski definition) is 1. The number of rotatable bonds is 4. The Morgan fingerprint density at radius 1 is 1.28 bits per heavy atom. The third-order valence-corrected chi connectivity index (χ3v) is 3.15. The molecule has 1 aromatic carbocycles. The number of anilines is 1. The van der Waals surface area contributed by atoms with Crippen LogP contribution < -0.4 is 10.1 Å². The Morgan fingerprint density at radius 3 is 2.83 bits per heavy atom. The van der Waals surface area contributed by atoms with Gasteiger partial charge < -0.3 is 10.1 Å². The fourth-order valence-corrected chi connectivity index (χ4v) is 2.18. The summed E-state index contributed by atoms with van der Waals surface area (Å²) in [6, 6.07) is 11.8. The van der Waals surface area contributed by atoms with Crippen LogP contribution in [0, 0.1) is 6.92 Å². The van der Waals surface area contributed by atoms with Crippen molar-refractivity contribution < 1.29 is 4.74 Å². The summed E-state index contributed by atoms with van der Waals surface area (Å²) in [5, 5.41) is 3.01. The lowest BCUT2D eigenvalue weighted by Crippen LogP contribution is -2.01. The molecule has 18 heavy (non-hydrogen) atoms. The fourth-order valence-electron chi connectivity index (χ4n) is 1.57. The van der Waals surface area contributed by atoms with Crippen LogP contribution in [0.25, 0.3) is 0 Å². The molecule has 0 spiro atoms. The average molecular weight is 307 g/mol. The minimum Gasteiger partial charge on any atom is -0.486 e. The molecule has 1 N–H and O–H groups in total. The van der Waals surface area contributed by atoms with Crippen molar-refractivity contribution in [1.82, 2.24) is 4.98 Å². The maximum absolute atomic E-state index is 5.74. The maximum Gasteiger partial charge on any atom is 0.134 e. The molecule has 0 atom stereocenters. The van der Waals surface area contributed by atoms with Crippen molar-refractivity contribution in [2.75, 3.05) is 12.4 Å². The van der Waals surface area contributed by atoms with E-state index in [-0.39, 0.29) is 0 Å². The molecule has 1 aromatic heterocycles. The van der Waals surface area contributed by atoms with Crippen molar-refractivity contribution >= 4 is 21.7 Å². The predicted octanol–water partition coefficient (Wildman–Crippen LogP) is 3.77. The van der Waals surface area contributed by atoms with E-state index in [1.807, 2.05) is 50.4 Å². The van der Waals surface area contributed by atoms with E-state index in [1.54, 1.807) is 0 Å². The lowest BCUT2D eigenvalue weighted by atomic mass is 10.2. The smallest absolute Gasteiger partial charge is 0.134 e. The van der Waals surface area contributed by atoms with Crippen molar-refractivity contribution in [1.29, 1.82) is 0 Å². The highest BCUT2D eigenvalue weighted by molar-refractivity contribution is 9.10. The summed E-state index contributed by atoms with van der Waals surface area (Å²) in [5.41, 5.74) is 2.10. The molecule has 1 heterocycles. The lowest BCUT2D eigenvalue weighted by Gasteiger charge is -2.09. The van der Waals surface area contributed by atoms with Crippen LogP contribution in [0.2, 0.25) is 0 Å². The Balaban J connectivity index is 2.06. The molecule has 0 aliphatic carbocycles. The predicted molar refractivity (Wildman–Crippen MR) is 77.0 cm³/mol. The van der Waals surface area contributed by atoms with Crippen LogP contribution >= 0.6 is 15.9 Å². The third-order valence-electron chi connectivity index (χ3n) is 2.53. The van der Waals surface area contributed by atoms with E-state index in [0.29, 0.717) is 6.61 Å². The number of aryl methyl sites for hydroxylation is 1. The summed E-state index contributed by atoms with van der Waals surface area (Å²) in [4.78, 5) is 4.40. The van der Waals surface area contributed by atoms with Gasteiger partial charge in [-0.15, -0.1) is 0 Å². The summed E-state index contributed by atoms with van der Waals surface area (Å²) in [7, 11) is 1.85. The zero-order valence-corrected chi connectivity index (χ0v) is 12.0. The zero-order valence-electron chi connectivity index (χ0n) is 10.4. The van der Waals surface area contributed by atoms with Gasteiger partial charge in [0.1, 0.15) is 18.2 Å². The molecule has 0 fully saturated rings. The highest BCUT2D eigenvalue weighted by Gasteiger charge is 2.02. The highest BCUT2D eigenvalue weighted by atomic mass is 79.9. The third kappa shape index (κ3) is 3.23. The Labute approximate surface area is 115 Å². The second-order valence-corrected chi connectivity index (χ2v) is 4.84. The molecule has 2 rings (SSSR count). The minimum atomic E-state index is 0.456. The van der Waals surface area contributed by atoms with Crippen LogP contribution in [0.1, 0.15) is 11.3 Å². The molecule has 0 unspecified atom stereocenters. The molecule has 0 radical (unpaired) electrons. The van der Waals surface area contributed by atoms with Crippen LogP contribution in [0.5, 0.6) is 5.75 Å². The number of ether oxygens (including phenoxy) is 1. The molecule has 3 nitrogen and oxygen atoms in total. The Hall–Kier alpha value is -1.55. The zero-order chi connectivity index (χ0) is 13.0. The van der Waals surface area contributed by atoms with E-state index in [4.69, 9.17) is 4.74 Å². The van der Waals surface area contributed by atoms with Gasteiger partial charge in [0.25, 0.3) is 0 Å². The van der Waals surface area contributed by atoms with Gasteiger partial charge >= 0.3 is 0 Å². The van der Waals surface area contributed by atoms with Crippen LogP contribution in [0.3, 0.4) is 0 Å². The van der Waals surface area contributed by atoms with E-state index >= 15 is 0 Å². The summed E-state index contributed by atoms with van der Waals surface area (Å²) in [6.45, 7) is 2.50. The van der Waals surface area contributed by atoms with Gasteiger partial charge in [0.2, 0.25) is 0 Å². The number of nitrogens with one attached hydrogen (secondary N) is 1. The first kappa shape index (κ1) is 12.9. The molecule has 0 aliphatic rings. The number of aromatic nitrogens is 1. The molecule has 2 aromatic rings. The standard InChI is InChI=1S/C14H15BrN2O/c1-10-6-7-13(12(15)8-10)18-9-11-4-3-5-14(16-2)17-11/h3-8H,9H2,1-2H3,(H,16,17). The number of halogens is 1. The first-order valence-electron chi connectivity index (χ1n) is 5.71. The van der Waals surface area contributed by atoms with Gasteiger partial charge in [0.15, 0.2) is 0 Å². The average Bonchev–Trinajstić information content (AvgIpc) is 2.38. The molecule has 0 bridgehead atoms.